The van der Waals surface area contributed by atoms with E-state index in [2.05, 4.69) is 5.32 Å². The predicted octanol–water partition coefficient (Wildman–Crippen LogP) is 0.963. The minimum absolute atomic E-state index is 0.00127. The lowest BCUT2D eigenvalue weighted by molar-refractivity contribution is -0.133. The number of nitrogens with one attached hydrogen (secondary N) is 1. The second-order valence-corrected chi connectivity index (χ2v) is 6.26. The molecule has 3 rings (SSSR count). The van der Waals surface area contributed by atoms with Crippen molar-refractivity contribution in [2.45, 2.75) is 25.5 Å². The first-order chi connectivity index (χ1) is 12.2. The molecule has 0 bridgehead atoms. The third kappa shape index (κ3) is 4.49. The van der Waals surface area contributed by atoms with Gasteiger partial charge in [0.15, 0.2) is 6.61 Å². The largest absolute Gasteiger partial charge is 0.483 e. The average molecular weight is 348 g/mol. The molecule has 1 atom stereocenters. The molecule has 1 saturated heterocycles. The van der Waals surface area contributed by atoms with E-state index < -0.39 is 0 Å². The smallest absolute Gasteiger partial charge is 0.260 e. The second-order valence-electron chi connectivity index (χ2n) is 6.26. The molecule has 7 heteroatoms. The SMILES string of the molecule is COCCN1Cc2cc(C(=O)NC[C@H]3CCCO3)ccc2OCC1=O. The van der Waals surface area contributed by atoms with Crippen LogP contribution < -0.4 is 10.1 Å². The lowest BCUT2D eigenvalue weighted by Crippen LogP contribution is -2.35. The minimum Gasteiger partial charge on any atom is -0.483 e. The van der Waals surface area contributed by atoms with Crippen LogP contribution in [0.5, 0.6) is 5.75 Å². The zero-order valence-electron chi connectivity index (χ0n) is 14.5. The normalized spacial score (nSPS) is 20.0. The number of ether oxygens (including phenoxy) is 3. The number of carbonyl (C=O) groups is 2. The van der Waals surface area contributed by atoms with E-state index in [1.165, 1.54) is 0 Å². The summed E-state index contributed by atoms with van der Waals surface area (Å²) in [5.41, 5.74) is 1.38. The van der Waals surface area contributed by atoms with Crippen LogP contribution in [0.15, 0.2) is 18.2 Å². The fourth-order valence-corrected chi connectivity index (χ4v) is 3.03. The molecule has 1 fully saturated rings. The molecule has 0 saturated carbocycles. The van der Waals surface area contributed by atoms with Crippen LogP contribution in [0.3, 0.4) is 0 Å². The molecule has 2 heterocycles. The van der Waals surface area contributed by atoms with Crippen molar-refractivity contribution in [1.29, 1.82) is 0 Å². The van der Waals surface area contributed by atoms with Gasteiger partial charge in [-0.25, -0.2) is 0 Å². The molecule has 1 aromatic rings. The molecular formula is C18H24N2O5. The van der Waals surface area contributed by atoms with Gasteiger partial charge in [-0.05, 0) is 31.0 Å². The Morgan fingerprint density at radius 3 is 3.08 bits per heavy atom. The zero-order chi connectivity index (χ0) is 17.6. The van der Waals surface area contributed by atoms with Crippen molar-refractivity contribution in [3.8, 4) is 5.75 Å². The predicted molar refractivity (Wildman–Crippen MR) is 90.5 cm³/mol. The van der Waals surface area contributed by atoms with Crippen LogP contribution in [-0.4, -0.2) is 62.8 Å². The van der Waals surface area contributed by atoms with Crippen LogP contribution in [0.4, 0.5) is 0 Å². The molecular weight excluding hydrogens is 324 g/mol. The van der Waals surface area contributed by atoms with E-state index in [1.54, 1.807) is 30.2 Å². The van der Waals surface area contributed by atoms with Gasteiger partial charge in [0.25, 0.3) is 11.8 Å². The Balaban J connectivity index is 1.67. The van der Waals surface area contributed by atoms with E-state index in [0.29, 0.717) is 37.6 Å². The molecule has 7 nitrogen and oxygen atoms in total. The van der Waals surface area contributed by atoms with Gasteiger partial charge in [0, 0.05) is 44.5 Å². The van der Waals surface area contributed by atoms with Gasteiger partial charge in [-0.3, -0.25) is 9.59 Å². The summed E-state index contributed by atoms with van der Waals surface area (Å²) in [5.74, 6) is 0.416. The van der Waals surface area contributed by atoms with Crippen LogP contribution in [0.2, 0.25) is 0 Å². The Hall–Kier alpha value is -2.12. The molecule has 2 aliphatic rings. The van der Waals surface area contributed by atoms with Gasteiger partial charge in [-0.1, -0.05) is 0 Å². The summed E-state index contributed by atoms with van der Waals surface area (Å²) in [4.78, 5) is 26.2. The maximum atomic E-state index is 12.4. The molecule has 25 heavy (non-hydrogen) atoms. The molecule has 1 aromatic carbocycles. The number of amides is 2. The quantitative estimate of drug-likeness (QED) is 0.829. The highest BCUT2D eigenvalue weighted by molar-refractivity contribution is 5.94. The fraction of sp³-hybridized carbons (Fsp3) is 0.556. The van der Waals surface area contributed by atoms with Gasteiger partial charge >= 0.3 is 0 Å². The van der Waals surface area contributed by atoms with E-state index in [1.807, 2.05) is 0 Å². The molecule has 0 unspecified atom stereocenters. The maximum Gasteiger partial charge on any atom is 0.260 e. The number of carbonyl (C=O) groups excluding carboxylic acids is 2. The first-order valence-electron chi connectivity index (χ1n) is 8.59. The first kappa shape index (κ1) is 17.7. The van der Waals surface area contributed by atoms with Crippen LogP contribution >= 0.6 is 0 Å². The molecule has 2 aliphatic heterocycles. The summed E-state index contributed by atoms with van der Waals surface area (Å²) in [6, 6.07) is 5.26. The summed E-state index contributed by atoms with van der Waals surface area (Å²) in [6.45, 7) is 2.65. The van der Waals surface area contributed by atoms with Crippen molar-refractivity contribution in [2.75, 3.05) is 40.0 Å². The van der Waals surface area contributed by atoms with Crippen LogP contribution in [-0.2, 0) is 20.8 Å². The zero-order valence-corrected chi connectivity index (χ0v) is 14.5. The van der Waals surface area contributed by atoms with E-state index >= 15 is 0 Å². The maximum absolute atomic E-state index is 12.4. The Kier molecular flexibility index (Phi) is 5.88. The molecule has 0 radical (unpaired) electrons. The number of fused-ring (bicyclic) bond motifs is 1. The molecule has 0 aliphatic carbocycles. The van der Waals surface area contributed by atoms with Crippen molar-refractivity contribution >= 4 is 11.8 Å². The van der Waals surface area contributed by atoms with Gasteiger partial charge in [0.1, 0.15) is 5.75 Å². The van der Waals surface area contributed by atoms with Gasteiger partial charge in [0.05, 0.1) is 12.7 Å². The standard InChI is InChI=1S/C18H24N2O5/c1-23-8-6-20-11-14-9-13(4-5-16(14)25-12-17(20)21)18(22)19-10-15-3-2-7-24-15/h4-5,9,15H,2-3,6-8,10-12H2,1H3,(H,19,22)/t15-/m1/s1. The van der Waals surface area contributed by atoms with E-state index in [0.717, 1.165) is 25.0 Å². The summed E-state index contributed by atoms with van der Waals surface area (Å²) >= 11 is 0. The minimum atomic E-state index is -0.141. The summed E-state index contributed by atoms with van der Waals surface area (Å²) in [6.07, 6.45) is 2.13. The topological polar surface area (TPSA) is 77.1 Å². The number of methoxy groups -OCH3 is 1. The third-order valence-corrected chi connectivity index (χ3v) is 4.47. The summed E-state index contributed by atoms with van der Waals surface area (Å²) in [5, 5.41) is 2.91. The monoisotopic (exact) mass is 348 g/mol. The van der Waals surface area contributed by atoms with Crippen LogP contribution in [0, 0.1) is 0 Å². The van der Waals surface area contributed by atoms with Crippen molar-refractivity contribution < 1.29 is 23.8 Å². The number of hydrogen-bond acceptors (Lipinski definition) is 5. The van der Waals surface area contributed by atoms with Gasteiger partial charge in [-0.15, -0.1) is 0 Å². The summed E-state index contributed by atoms with van der Waals surface area (Å²) < 4.78 is 16.1. The highest BCUT2D eigenvalue weighted by Gasteiger charge is 2.23. The van der Waals surface area contributed by atoms with Gasteiger partial charge in [0.2, 0.25) is 0 Å². The molecule has 1 N–H and O–H groups in total. The number of nitrogens with zero attached hydrogens (tertiary/aromatic N) is 1. The molecule has 0 aromatic heterocycles. The average Bonchev–Trinajstić information content (AvgIpc) is 3.09. The van der Waals surface area contributed by atoms with E-state index in [-0.39, 0.29) is 24.5 Å². The first-order valence-corrected chi connectivity index (χ1v) is 8.59. The number of hydrogen-bond donors (Lipinski definition) is 1. The number of rotatable bonds is 6. The van der Waals surface area contributed by atoms with Crippen molar-refractivity contribution in [2.24, 2.45) is 0 Å². The van der Waals surface area contributed by atoms with Gasteiger partial charge < -0.3 is 24.4 Å². The Morgan fingerprint density at radius 1 is 1.44 bits per heavy atom. The van der Waals surface area contributed by atoms with E-state index in [9.17, 15) is 9.59 Å². The molecule has 2 amide bonds. The molecule has 0 spiro atoms. The fourth-order valence-electron chi connectivity index (χ4n) is 3.03. The second kappa shape index (κ2) is 8.31. The Morgan fingerprint density at radius 2 is 2.32 bits per heavy atom. The third-order valence-electron chi connectivity index (χ3n) is 4.47. The lowest BCUT2D eigenvalue weighted by atomic mass is 10.1. The van der Waals surface area contributed by atoms with Crippen molar-refractivity contribution in [3.63, 3.8) is 0 Å². The van der Waals surface area contributed by atoms with Crippen LogP contribution in [0.1, 0.15) is 28.8 Å². The summed E-state index contributed by atoms with van der Waals surface area (Å²) in [7, 11) is 1.60. The van der Waals surface area contributed by atoms with Gasteiger partial charge in [-0.2, -0.15) is 0 Å². The van der Waals surface area contributed by atoms with Crippen molar-refractivity contribution in [3.05, 3.63) is 29.3 Å². The molecule has 136 valence electrons. The van der Waals surface area contributed by atoms with E-state index in [4.69, 9.17) is 14.2 Å². The number of benzene rings is 1. The lowest BCUT2D eigenvalue weighted by Gasteiger charge is -2.19. The highest BCUT2D eigenvalue weighted by Crippen LogP contribution is 2.25. The Bertz CT molecular complexity index is 628. The van der Waals surface area contributed by atoms with Crippen LogP contribution in [0.25, 0.3) is 0 Å². The van der Waals surface area contributed by atoms with Crippen molar-refractivity contribution in [1.82, 2.24) is 10.2 Å². The highest BCUT2D eigenvalue weighted by atomic mass is 16.5. The Labute approximate surface area is 147 Å².